The Balaban J connectivity index is 2.11. The van der Waals surface area contributed by atoms with Crippen molar-refractivity contribution < 1.29 is 4.79 Å². The second-order valence-corrected chi connectivity index (χ2v) is 6.57. The van der Waals surface area contributed by atoms with E-state index >= 15 is 0 Å². The summed E-state index contributed by atoms with van der Waals surface area (Å²) in [5.41, 5.74) is 1.43. The Morgan fingerprint density at radius 2 is 1.90 bits per heavy atom. The van der Waals surface area contributed by atoms with Crippen LogP contribution in [0.2, 0.25) is 0 Å². The number of nitrogens with one attached hydrogen (secondary N) is 1. The van der Waals surface area contributed by atoms with E-state index in [9.17, 15) is 4.79 Å². The first kappa shape index (κ1) is 17.2. The largest absolute Gasteiger partial charge is 0.354 e. The number of carbonyl (C=O) groups is 1. The summed E-state index contributed by atoms with van der Waals surface area (Å²) in [6.07, 6.45) is 8.36. The van der Waals surface area contributed by atoms with Gasteiger partial charge in [0, 0.05) is 26.1 Å². The van der Waals surface area contributed by atoms with Gasteiger partial charge in [-0.3, -0.25) is 4.79 Å². The number of amides is 1. The van der Waals surface area contributed by atoms with Crippen molar-refractivity contribution in [2.45, 2.75) is 65.8 Å². The molecular formula is C17H32N2O. The van der Waals surface area contributed by atoms with Gasteiger partial charge >= 0.3 is 0 Å². The third-order valence-corrected chi connectivity index (χ3v) is 4.15. The number of likely N-dealkylation sites (tertiary alicyclic amines) is 1. The summed E-state index contributed by atoms with van der Waals surface area (Å²) < 4.78 is 0. The lowest BCUT2D eigenvalue weighted by atomic mass is 9.99. The minimum Gasteiger partial charge on any atom is -0.354 e. The summed E-state index contributed by atoms with van der Waals surface area (Å²) in [6.45, 7) is 11.8. The van der Waals surface area contributed by atoms with Gasteiger partial charge in [-0.1, -0.05) is 18.6 Å². The first-order valence-electron chi connectivity index (χ1n) is 8.10. The van der Waals surface area contributed by atoms with Gasteiger partial charge in [0.1, 0.15) is 0 Å². The molecule has 1 heterocycles. The molecular weight excluding hydrogens is 248 g/mol. The van der Waals surface area contributed by atoms with Crippen molar-refractivity contribution in [1.82, 2.24) is 10.2 Å². The highest BCUT2D eigenvalue weighted by Gasteiger charge is 2.19. The molecule has 1 saturated heterocycles. The van der Waals surface area contributed by atoms with E-state index in [0.29, 0.717) is 6.04 Å². The number of nitrogens with zero attached hydrogens (tertiary/aromatic N) is 1. The van der Waals surface area contributed by atoms with Crippen molar-refractivity contribution in [2.75, 3.05) is 19.6 Å². The third kappa shape index (κ3) is 7.68. The smallest absolute Gasteiger partial charge is 0.217 e. The van der Waals surface area contributed by atoms with Crippen LogP contribution < -0.4 is 5.32 Å². The molecule has 0 unspecified atom stereocenters. The van der Waals surface area contributed by atoms with Crippen LogP contribution in [-0.2, 0) is 4.79 Å². The van der Waals surface area contributed by atoms with Gasteiger partial charge in [-0.2, -0.15) is 0 Å². The third-order valence-electron chi connectivity index (χ3n) is 4.15. The molecule has 0 aromatic rings. The van der Waals surface area contributed by atoms with Gasteiger partial charge < -0.3 is 10.2 Å². The standard InChI is InChI=1S/C17H32N2O/c1-14(2)6-5-7-15(3)8-11-19-12-9-17(10-13-19)18-16(4)20/h6,15,17H,5,7-13H2,1-4H3,(H,18,20)/t15-/m0/s1. The van der Waals surface area contributed by atoms with Crippen LogP contribution in [0.5, 0.6) is 0 Å². The number of hydrogen-bond acceptors (Lipinski definition) is 2. The molecule has 1 rings (SSSR count). The Kier molecular flexibility index (Phi) is 7.90. The number of hydrogen-bond donors (Lipinski definition) is 1. The predicted octanol–water partition coefficient (Wildman–Crippen LogP) is 3.36. The molecule has 20 heavy (non-hydrogen) atoms. The number of piperidine rings is 1. The summed E-state index contributed by atoms with van der Waals surface area (Å²) in [5, 5.41) is 3.03. The van der Waals surface area contributed by atoms with Gasteiger partial charge in [-0.05, 0) is 58.4 Å². The molecule has 3 heteroatoms. The monoisotopic (exact) mass is 280 g/mol. The summed E-state index contributed by atoms with van der Waals surface area (Å²) in [5.74, 6) is 0.912. The fourth-order valence-corrected chi connectivity index (χ4v) is 2.79. The first-order valence-corrected chi connectivity index (χ1v) is 8.10. The summed E-state index contributed by atoms with van der Waals surface area (Å²) >= 11 is 0. The van der Waals surface area contributed by atoms with Crippen LogP contribution in [0.25, 0.3) is 0 Å². The topological polar surface area (TPSA) is 32.3 Å². The predicted molar refractivity (Wildman–Crippen MR) is 85.7 cm³/mol. The lowest BCUT2D eigenvalue weighted by molar-refractivity contribution is -0.119. The molecule has 1 aliphatic heterocycles. The molecule has 0 aromatic carbocycles. The van der Waals surface area contributed by atoms with E-state index in [0.717, 1.165) is 31.8 Å². The maximum absolute atomic E-state index is 11.0. The summed E-state index contributed by atoms with van der Waals surface area (Å²) in [4.78, 5) is 13.6. The molecule has 1 fully saturated rings. The van der Waals surface area contributed by atoms with E-state index in [4.69, 9.17) is 0 Å². The second kappa shape index (κ2) is 9.17. The molecule has 0 aliphatic carbocycles. The average Bonchev–Trinajstić information content (AvgIpc) is 2.37. The number of allylic oxidation sites excluding steroid dienone is 2. The first-order chi connectivity index (χ1) is 9.47. The van der Waals surface area contributed by atoms with Gasteiger partial charge in [-0.25, -0.2) is 0 Å². The molecule has 1 N–H and O–H groups in total. The van der Waals surface area contributed by atoms with Crippen LogP contribution in [0, 0.1) is 5.92 Å². The van der Waals surface area contributed by atoms with Crippen molar-refractivity contribution >= 4 is 5.91 Å². The summed E-state index contributed by atoms with van der Waals surface area (Å²) in [6, 6.07) is 0.402. The molecule has 1 atom stereocenters. The number of carbonyl (C=O) groups excluding carboxylic acids is 1. The lowest BCUT2D eigenvalue weighted by Gasteiger charge is -2.32. The van der Waals surface area contributed by atoms with Crippen LogP contribution in [0.1, 0.15) is 59.8 Å². The average molecular weight is 280 g/mol. The van der Waals surface area contributed by atoms with E-state index in [2.05, 4.69) is 37.1 Å². The van der Waals surface area contributed by atoms with Crippen LogP contribution in [0.4, 0.5) is 0 Å². The second-order valence-electron chi connectivity index (χ2n) is 6.57. The Bertz CT molecular complexity index is 313. The van der Waals surface area contributed by atoms with Crippen LogP contribution in [0.3, 0.4) is 0 Å². The Labute approximate surface area is 124 Å². The van der Waals surface area contributed by atoms with Gasteiger partial charge in [0.15, 0.2) is 0 Å². The maximum atomic E-state index is 11.0. The van der Waals surface area contributed by atoms with E-state index < -0.39 is 0 Å². The Morgan fingerprint density at radius 3 is 2.45 bits per heavy atom. The van der Waals surface area contributed by atoms with Gasteiger partial charge in [0.2, 0.25) is 5.91 Å². The normalized spacial score (nSPS) is 18.6. The maximum Gasteiger partial charge on any atom is 0.217 e. The molecule has 0 saturated carbocycles. The van der Waals surface area contributed by atoms with Gasteiger partial charge in [0.25, 0.3) is 0 Å². The summed E-state index contributed by atoms with van der Waals surface area (Å²) in [7, 11) is 0. The zero-order valence-corrected chi connectivity index (χ0v) is 13.7. The highest BCUT2D eigenvalue weighted by molar-refractivity contribution is 5.73. The Morgan fingerprint density at radius 1 is 1.25 bits per heavy atom. The van der Waals surface area contributed by atoms with Crippen molar-refractivity contribution in [2.24, 2.45) is 5.92 Å². The molecule has 1 aliphatic rings. The van der Waals surface area contributed by atoms with Crippen LogP contribution in [-0.4, -0.2) is 36.5 Å². The van der Waals surface area contributed by atoms with E-state index in [1.807, 2.05) is 0 Å². The fraction of sp³-hybridized carbons (Fsp3) is 0.824. The molecule has 0 radical (unpaired) electrons. The van der Waals surface area contributed by atoms with Crippen LogP contribution >= 0.6 is 0 Å². The zero-order chi connectivity index (χ0) is 15.0. The van der Waals surface area contributed by atoms with Crippen LogP contribution in [0.15, 0.2) is 11.6 Å². The lowest BCUT2D eigenvalue weighted by Crippen LogP contribution is -2.44. The fourth-order valence-electron chi connectivity index (χ4n) is 2.79. The van der Waals surface area contributed by atoms with E-state index in [-0.39, 0.29) is 5.91 Å². The minimum absolute atomic E-state index is 0.108. The molecule has 0 spiro atoms. The molecule has 116 valence electrons. The highest BCUT2D eigenvalue weighted by Crippen LogP contribution is 2.15. The van der Waals surface area contributed by atoms with Gasteiger partial charge in [-0.15, -0.1) is 0 Å². The van der Waals surface area contributed by atoms with Crippen molar-refractivity contribution in [1.29, 1.82) is 0 Å². The number of rotatable bonds is 7. The molecule has 0 aromatic heterocycles. The highest BCUT2D eigenvalue weighted by atomic mass is 16.1. The Hall–Kier alpha value is -0.830. The van der Waals surface area contributed by atoms with Crippen molar-refractivity contribution in [3.05, 3.63) is 11.6 Å². The molecule has 0 bridgehead atoms. The van der Waals surface area contributed by atoms with Crippen molar-refractivity contribution in [3.63, 3.8) is 0 Å². The zero-order valence-electron chi connectivity index (χ0n) is 13.7. The van der Waals surface area contributed by atoms with E-state index in [1.165, 1.54) is 31.4 Å². The van der Waals surface area contributed by atoms with E-state index in [1.54, 1.807) is 6.92 Å². The quantitative estimate of drug-likeness (QED) is 0.725. The molecule has 1 amide bonds. The SMILES string of the molecule is CC(=O)NC1CCN(CC[C@@H](C)CCC=C(C)C)CC1. The molecule has 3 nitrogen and oxygen atoms in total. The van der Waals surface area contributed by atoms with Gasteiger partial charge in [0.05, 0.1) is 0 Å². The van der Waals surface area contributed by atoms with Crippen molar-refractivity contribution in [3.8, 4) is 0 Å². The minimum atomic E-state index is 0.108.